The first-order valence-corrected chi connectivity index (χ1v) is 7.75. The van der Waals surface area contributed by atoms with E-state index in [0.717, 1.165) is 0 Å². The van der Waals surface area contributed by atoms with E-state index >= 15 is 0 Å². The molecule has 0 radical (unpaired) electrons. The molecule has 0 bridgehead atoms. The third-order valence-electron chi connectivity index (χ3n) is 3.24. The van der Waals surface area contributed by atoms with Crippen molar-refractivity contribution in [3.8, 4) is 5.75 Å². The summed E-state index contributed by atoms with van der Waals surface area (Å²) in [5.74, 6) is 0.195. The van der Waals surface area contributed by atoms with Crippen LogP contribution in [0.1, 0.15) is 11.1 Å². The quantitative estimate of drug-likeness (QED) is 0.589. The smallest absolute Gasteiger partial charge is 0.273 e. The Balaban J connectivity index is 2.23. The summed E-state index contributed by atoms with van der Waals surface area (Å²) in [5, 5.41) is 6.96. The molecule has 0 spiro atoms. The molecule has 25 heavy (non-hydrogen) atoms. The fourth-order valence-corrected chi connectivity index (χ4v) is 2.18. The number of nitrogens with zero attached hydrogens (tertiary/aromatic N) is 1. The van der Waals surface area contributed by atoms with E-state index in [-0.39, 0.29) is 11.6 Å². The van der Waals surface area contributed by atoms with E-state index < -0.39 is 0 Å². The maximum absolute atomic E-state index is 12.1. The van der Waals surface area contributed by atoms with Gasteiger partial charge in [-0.2, -0.15) is 0 Å². The topological polar surface area (TPSA) is 71.9 Å². The third-order valence-corrected chi connectivity index (χ3v) is 3.49. The van der Waals surface area contributed by atoms with Gasteiger partial charge >= 0.3 is 0 Å². The van der Waals surface area contributed by atoms with E-state index in [4.69, 9.17) is 21.3 Å². The molecule has 2 aromatic carbocycles. The van der Waals surface area contributed by atoms with Crippen molar-refractivity contribution in [2.75, 3.05) is 14.2 Å². The Morgan fingerprint density at radius 2 is 1.76 bits per heavy atom. The van der Waals surface area contributed by atoms with Gasteiger partial charge in [-0.15, -0.1) is 0 Å². The summed E-state index contributed by atoms with van der Waals surface area (Å²) < 4.78 is 0. The van der Waals surface area contributed by atoms with Crippen LogP contribution in [0.2, 0.25) is 5.02 Å². The Morgan fingerprint density at radius 1 is 1.12 bits per heavy atom. The number of nitrogens with one attached hydrogen (secondary N) is 2. The molecular weight excluding hydrogens is 342 g/mol. The highest BCUT2D eigenvalue weighted by Crippen LogP contribution is 2.19. The molecule has 130 valence electrons. The normalized spacial score (nSPS) is 10.8. The lowest BCUT2D eigenvalue weighted by Crippen LogP contribution is -2.30. The number of halogens is 1. The van der Waals surface area contributed by atoms with Gasteiger partial charge < -0.3 is 15.0 Å². The summed E-state index contributed by atoms with van der Waals surface area (Å²) in [5.41, 5.74) is 4.56. The van der Waals surface area contributed by atoms with Crippen LogP contribution >= 0.6 is 11.6 Å². The molecule has 0 heterocycles. The van der Waals surface area contributed by atoms with Crippen LogP contribution in [0.25, 0.3) is 5.70 Å². The molecule has 0 aromatic heterocycles. The molecular formula is C18H18ClN3O3. The summed E-state index contributed by atoms with van der Waals surface area (Å²) in [6.07, 6.45) is 0. The number of hydrogen-bond acceptors (Lipinski definition) is 5. The van der Waals surface area contributed by atoms with Gasteiger partial charge in [-0.1, -0.05) is 47.6 Å². The van der Waals surface area contributed by atoms with Gasteiger partial charge in [0.25, 0.3) is 5.91 Å². The number of likely N-dealkylation sites (N-methyl/N-ethyl adjacent to an activating group) is 1. The SMILES string of the molecule is C=C(NOc1ccc(Cl)cc1)c1ccccc1C(=NOC)C(=O)NC. The number of carbonyl (C=O) groups is 1. The van der Waals surface area contributed by atoms with Crippen LogP contribution < -0.4 is 15.6 Å². The van der Waals surface area contributed by atoms with Gasteiger partial charge in [0, 0.05) is 23.2 Å². The van der Waals surface area contributed by atoms with Crippen molar-refractivity contribution in [3.63, 3.8) is 0 Å². The fourth-order valence-electron chi connectivity index (χ4n) is 2.05. The van der Waals surface area contributed by atoms with Crippen LogP contribution in [0.5, 0.6) is 5.75 Å². The van der Waals surface area contributed by atoms with Crippen LogP contribution in [-0.2, 0) is 9.63 Å². The number of amides is 1. The van der Waals surface area contributed by atoms with Gasteiger partial charge in [0.05, 0.1) is 5.70 Å². The highest BCUT2D eigenvalue weighted by molar-refractivity contribution is 6.45. The molecule has 2 rings (SSSR count). The van der Waals surface area contributed by atoms with Gasteiger partial charge in [-0.25, -0.2) is 5.48 Å². The second-order valence-electron chi connectivity index (χ2n) is 4.88. The molecule has 7 heteroatoms. The van der Waals surface area contributed by atoms with E-state index in [2.05, 4.69) is 22.5 Å². The van der Waals surface area contributed by atoms with Crippen LogP contribution in [0.15, 0.2) is 60.3 Å². The van der Waals surface area contributed by atoms with Gasteiger partial charge in [0.2, 0.25) is 0 Å². The molecule has 1 amide bonds. The molecule has 0 aliphatic rings. The van der Waals surface area contributed by atoms with Crippen LogP contribution in [0, 0.1) is 0 Å². The van der Waals surface area contributed by atoms with Crippen molar-refractivity contribution in [2.45, 2.75) is 0 Å². The second-order valence-corrected chi connectivity index (χ2v) is 5.32. The monoisotopic (exact) mass is 359 g/mol. The lowest BCUT2D eigenvalue weighted by molar-refractivity contribution is -0.114. The minimum Gasteiger partial charge on any atom is -0.398 e. The molecule has 0 saturated heterocycles. The van der Waals surface area contributed by atoms with Crippen LogP contribution in [0.4, 0.5) is 0 Å². The summed E-state index contributed by atoms with van der Waals surface area (Å²) in [6, 6.07) is 14.0. The zero-order valence-corrected chi connectivity index (χ0v) is 14.6. The van der Waals surface area contributed by atoms with E-state index in [1.165, 1.54) is 14.2 Å². The summed E-state index contributed by atoms with van der Waals surface area (Å²) in [4.78, 5) is 22.3. The van der Waals surface area contributed by atoms with Gasteiger partial charge in [-0.05, 0) is 24.3 Å². The highest BCUT2D eigenvalue weighted by atomic mass is 35.5. The van der Waals surface area contributed by atoms with Crippen LogP contribution in [-0.4, -0.2) is 25.8 Å². The Bertz CT molecular complexity index is 788. The summed E-state index contributed by atoms with van der Waals surface area (Å²) >= 11 is 5.84. The molecule has 6 nitrogen and oxygen atoms in total. The number of rotatable bonds is 7. The van der Waals surface area contributed by atoms with Crippen molar-refractivity contribution in [1.29, 1.82) is 0 Å². The Hall–Kier alpha value is -2.99. The summed E-state index contributed by atoms with van der Waals surface area (Å²) in [6.45, 7) is 3.96. The first-order chi connectivity index (χ1) is 12.1. The largest absolute Gasteiger partial charge is 0.398 e. The molecule has 0 atom stereocenters. The number of benzene rings is 2. The Labute approximate surface area is 151 Å². The fraction of sp³-hybridized carbons (Fsp3) is 0.111. The predicted octanol–water partition coefficient (Wildman–Crippen LogP) is 2.99. The zero-order valence-electron chi connectivity index (χ0n) is 13.9. The minimum atomic E-state index is -0.374. The standard InChI is InChI=1S/C18H18ClN3O3/c1-12(21-25-14-10-8-13(19)9-11-14)15-6-4-5-7-16(15)17(22-24-3)18(23)20-2/h4-11,21H,1H2,2-3H3,(H,20,23). The molecule has 0 aliphatic carbocycles. The number of carbonyl (C=O) groups excluding carboxylic acids is 1. The Kier molecular flexibility index (Phi) is 6.42. The maximum Gasteiger partial charge on any atom is 0.273 e. The minimum absolute atomic E-state index is 0.134. The zero-order chi connectivity index (χ0) is 18.2. The molecule has 0 aliphatic heterocycles. The molecule has 0 saturated carbocycles. The van der Waals surface area contributed by atoms with Crippen molar-refractivity contribution < 1.29 is 14.5 Å². The van der Waals surface area contributed by atoms with Crippen molar-refractivity contribution >= 4 is 28.9 Å². The average Bonchev–Trinajstić information content (AvgIpc) is 2.65. The number of hydrogen-bond donors (Lipinski definition) is 2. The molecule has 2 N–H and O–H groups in total. The van der Waals surface area contributed by atoms with E-state index in [9.17, 15) is 4.79 Å². The average molecular weight is 360 g/mol. The maximum atomic E-state index is 12.1. The predicted molar refractivity (Wildman–Crippen MR) is 98.3 cm³/mol. The first-order valence-electron chi connectivity index (χ1n) is 7.37. The van der Waals surface area contributed by atoms with E-state index in [1.54, 1.807) is 42.5 Å². The lowest BCUT2D eigenvalue weighted by Gasteiger charge is -2.15. The molecule has 2 aromatic rings. The van der Waals surface area contributed by atoms with Crippen LogP contribution in [0.3, 0.4) is 0 Å². The molecule has 0 unspecified atom stereocenters. The number of oxime groups is 1. The van der Waals surface area contributed by atoms with Gasteiger partial charge in [0.1, 0.15) is 7.11 Å². The van der Waals surface area contributed by atoms with Gasteiger partial charge in [0.15, 0.2) is 11.5 Å². The summed E-state index contributed by atoms with van der Waals surface area (Å²) in [7, 11) is 2.90. The lowest BCUT2D eigenvalue weighted by atomic mass is 10.0. The second kappa shape index (κ2) is 8.75. The third kappa shape index (κ3) is 4.74. The highest BCUT2D eigenvalue weighted by Gasteiger charge is 2.18. The van der Waals surface area contributed by atoms with Gasteiger partial charge in [-0.3, -0.25) is 4.79 Å². The Morgan fingerprint density at radius 3 is 2.36 bits per heavy atom. The first kappa shape index (κ1) is 18.4. The van der Waals surface area contributed by atoms with E-state index in [0.29, 0.717) is 27.6 Å². The van der Waals surface area contributed by atoms with Crippen molar-refractivity contribution in [2.24, 2.45) is 5.16 Å². The number of hydroxylamine groups is 1. The van der Waals surface area contributed by atoms with E-state index in [1.807, 2.05) is 6.07 Å². The van der Waals surface area contributed by atoms with Crippen molar-refractivity contribution in [3.05, 3.63) is 71.3 Å². The van der Waals surface area contributed by atoms with Crippen molar-refractivity contribution in [1.82, 2.24) is 10.8 Å². The molecule has 0 fully saturated rings.